The van der Waals surface area contributed by atoms with Gasteiger partial charge in [0, 0.05) is 11.9 Å². The van der Waals surface area contributed by atoms with E-state index in [-0.39, 0.29) is 6.04 Å². The van der Waals surface area contributed by atoms with E-state index in [4.69, 9.17) is 5.73 Å². The molecular formula is C12H12F3N3. The van der Waals surface area contributed by atoms with Crippen LogP contribution >= 0.6 is 0 Å². The zero-order chi connectivity index (χ0) is 13.3. The number of anilines is 1. The highest BCUT2D eigenvalue weighted by molar-refractivity contribution is 5.40. The summed E-state index contributed by atoms with van der Waals surface area (Å²) in [4.78, 5) is 0. The van der Waals surface area contributed by atoms with Crippen molar-refractivity contribution in [1.29, 1.82) is 0 Å². The van der Waals surface area contributed by atoms with Crippen molar-refractivity contribution >= 4 is 5.69 Å². The fraction of sp³-hybridized carbons (Fsp3) is 0.250. The Bertz CT molecular complexity index is 528. The summed E-state index contributed by atoms with van der Waals surface area (Å²) in [7, 11) is 0. The highest BCUT2D eigenvalue weighted by atomic mass is 19.4. The number of nitrogen functional groups attached to an aromatic ring is 1. The van der Waals surface area contributed by atoms with Gasteiger partial charge in [0.25, 0.3) is 0 Å². The van der Waals surface area contributed by atoms with Crippen molar-refractivity contribution < 1.29 is 13.2 Å². The van der Waals surface area contributed by atoms with Gasteiger partial charge in [-0.2, -0.15) is 18.3 Å². The van der Waals surface area contributed by atoms with Gasteiger partial charge in [0.1, 0.15) is 0 Å². The van der Waals surface area contributed by atoms with Crippen LogP contribution in [0.25, 0.3) is 0 Å². The number of nitrogens with zero attached hydrogens (tertiary/aromatic N) is 2. The molecule has 1 atom stereocenters. The van der Waals surface area contributed by atoms with Gasteiger partial charge < -0.3 is 5.73 Å². The summed E-state index contributed by atoms with van der Waals surface area (Å²) in [5.41, 5.74) is 6.27. The molecule has 0 aliphatic rings. The summed E-state index contributed by atoms with van der Waals surface area (Å²) in [5.74, 6) is 0. The van der Waals surface area contributed by atoms with E-state index in [1.54, 1.807) is 31.2 Å². The molecular weight excluding hydrogens is 243 g/mol. The molecule has 3 nitrogen and oxygen atoms in total. The van der Waals surface area contributed by atoms with Crippen molar-refractivity contribution in [2.45, 2.75) is 19.1 Å². The van der Waals surface area contributed by atoms with E-state index in [1.807, 2.05) is 0 Å². The standard InChI is InChI=1S/C12H12F3N3/c1-8(9-2-4-11(16)5-3-9)18-7-10(6-17-18)12(13,14)15/h2-8H,16H2,1H3. The minimum Gasteiger partial charge on any atom is -0.399 e. The fourth-order valence-electron chi connectivity index (χ4n) is 1.62. The molecule has 0 bridgehead atoms. The topological polar surface area (TPSA) is 43.8 Å². The zero-order valence-electron chi connectivity index (χ0n) is 9.65. The molecule has 2 N–H and O–H groups in total. The van der Waals surface area contributed by atoms with E-state index < -0.39 is 11.7 Å². The maximum Gasteiger partial charge on any atom is 0.419 e. The lowest BCUT2D eigenvalue weighted by molar-refractivity contribution is -0.137. The summed E-state index contributed by atoms with van der Waals surface area (Å²) >= 11 is 0. The SMILES string of the molecule is CC(c1ccc(N)cc1)n1cc(C(F)(F)F)cn1. The van der Waals surface area contributed by atoms with Gasteiger partial charge >= 0.3 is 6.18 Å². The van der Waals surface area contributed by atoms with Crippen LogP contribution in [-0.4, -0.2) is 9.78 Å². The first-order valence-corrected chi connectivity index (χ1v) is 5.34. The Kier molecular flexibility index (Phi) is 3.02. The zero-order valence-corrected chi connectivity index (χ0v) is 9.65. The highest BCUT2D eigenvalue weighted by Gasteiger charge is 2.32. The molecule has 1 aromatic heterocycles. The van der Waals surface area contributed by atoms with Crippen LogP contribution in [0, 0.1) is 0 Å². The monoisotopic (exact) mass is 255 g/mol. The molecule has 18 heavy (non-hydrogen) atoms. The van der Waals surface area contributed by atoms with Crippen LogP contribution in [0.4, 0.5) is 18.9 Å². The van der Waals surface area contributed by atoms with Crippen LogP contribution in [0.3, 0.4) is 0 Å². The minimum absolute atomic E-state index is 0.276. The Morgan fingerprint density at radius 3 is 2.33 bits per heavy atom. The van der Waals surface area contributed by atoms with E-state index in [9.17, 15) is 13.2 Å². The highest BCUT2D eigenvalue weighted by Crippen LogP contribution is 2.30. The molecule has 0 aliphatic heterocycles. The number of aromatic nitrogens is 2. The van der Waals surface area contributed by atoms with Crippen molar-refractivity contribution in [2.24, 2.45) is 0 Å². The molecule has 1 unspecified atom stereocenters. The number of rotatable bonds is 2. The van der Waals surface area contributed by atoms with Gasteiger partial charge in [-0.05, 0) is 24.6 Å². The average molecular weight is 255 g/mol. The smallest absolute Gasteiger partial charge is 0.399 e. The summed E-state index contributed by atoms with van der Waals surface area (Å²) in [6, 6.07) is 6.69. The number of benzene rings is 1. The van der Waals surface area contributed by atoms with Crippen molar-refractivity contribution in [3.63, 3.8) is 0 Å². The summed E-state index contributed by atoms with van der Waals surface area (Å²) < 4.78 is 38.6. The van der Waals surface area contributed by atoms with Crippen LogP contribution in [0.5, 0.6) is 0 Å². The predicted octanol–water partition coefficient (Wildman–Crippen LogP) is 3.09. The first kappa shape index (κ1) is 12.5. The maximum absolute atomic E-state index is 12.5. The van der Waals surface area contributed by atoms with E-state index in [0.717, 1.165) is 18.0 Å². The number of hydrogen-bond acceptors (Lipinski definition) is 2. The molecule has 96 valence electrons. The van der Waals surface area contributed by atoms with Gasteiger partial charge in [-0.3, -0.25) is 4.68 Å². The summed E-state index contributed by atoms with van der Waals surface area (Å²) in [6.07, 6.45) is -2.53. The second-order valence-electron chi connectivity index (χ2n) is 4.05. The Morgan fingerprint density at radius 1 is 1.22 bits per heavy atom. The van der Waals surface area contributed by atoms with Gasteiger partial charge in [0.15, 0.2) is 0 Å². The largest absolute Gasteiger partial charge is 0.419 e. The lowest BCUT2D eigenvalue weighted by Gasteiger charge is -2.12. The molecule has 0 fully saturated rings. The molecule has 1 heterocycles. The molecule has 6 heteroatoms. The van der Waals surface area contributed by atoms with E-state index in [1.165, 1.54) is 4.68 Å². The molecule has 2 aromatic rings. The van der Waals surface area contributed by atoms with E-state index in [2.05, 4.69) is 5.10 Å². The van der Waals surface area contributed by atoms with Crippen molar-refractivity contribution in [2.75, 3.05) is 5.73 Å². The number of alkyl halides is 3. The Hall–Kier alpha value is -1.98. The average Bonchev–Trinajstić information content (AvgIpc) is 2.78. The third kappa shape index (κ3) is 2.47. The van der Waals surface area contributed by atoms with Gasteiger partial charge in [-0.15, -0.1) is 0 Å². The number of hydrogen-bond donors (Lipinski definition) is 1. The summed E-state index contributed by atoms with van der Waals surface area (Å²) in [5, 5.41) is 3.75. The van der Waals surface area contributed by atoms with Crippen LogP contribution < -0.4 is 5.73 Å². The normalized spacial score (nSPS) is 13.6. The molecule has 0 saturated carbocycles. The van der Waals surface area contributed by atoms with Crippen molar-refractivity contribution in [3.8, 4) is 0 Å². The predicted molar refractivity (Wildman–Crippen MR) is 61.9 cm³/mol. The van der Waals surface area contributed by atoms with Crippen molar-refractivity contribution in [3.05, 3.63) is 47.8 Å². The molecule has 0 spiro atoms. The van der Waals surface area contributed by atoms with Crippen LogP contribution in [0.15, 0.2) is 36.7 Å². The third-order valence-electron chi connectivity index (χ3n) is 2.74. The van der Waals surface area contributed by atoms with Gasteiger partial charge in [0.2, 0.25) is 0 Å². The molecule has 0 saturated heterocycles. The molecule has 1 aromatic carbocycles. The van der Waals surface area contributed by atoms with Gasteiger partial charge in [-0.1, -0.05) is 12.1 Å². The van der Waals surface area contributed by atoms with E-state index >= 15 is 0 Å². The minimum atomic E-state index is -4.36. The first-order chi connectivity index (χ1) is 8.38. The Morgan fingerprint density at radius 2 is 1.83 bits per heavy atom. The lowest BCUT2D eigenvalue weighted by Crippen LogP contribution is -2.08. The van der Waals surface area contributed by atoms with Crippen LogP contribution in [-0.2, 0) is 6.18 Å². The molecule has 0 aliphatic carbocycles. The van der Waals surface area contributed by atoms with E-state index in [0.29, 0.717) is 5.69 Å². The number of halogens is 3. The summed E-state index contributed by atoms with van der Waals surface area (Å²) in [6.45, 7) is 1.78. The van der Waals surface area contributed by atoms with Crippen molar-refractivity contribution in [1.82, 2.24) is 9.78 Å². The molecule has 2 rings (SSSR count). The van der Waals surface area contributed by atoms with Gasteiger partial charge in [-0.25, -0.2) is 0 Å². The quantitative estimate of drug-likeness (QED) is 0.838. The molecule has 0 amide bonds. The molecule has 0 radical (unpaired) electrons. The Balaban J connectivity index is 2.26. The second kappa shape index (κ2) is 4.36. The number of nitrogens with two attached hydrogens (primary N) is 1. The van der Waals surface area contributed by atoms with Gasteiger partial charge in [0.05, 0.1) is 17.8 Å². The fourth-order valence-corrected chi connectivity index (χ4v) is 1.62. The second-order valence-corrected chi connectivity index (χ2v) is 4.05. The van der Waals surface area contributed by atoms with Crippen LogP contribution in [0.1, 0.15) is 24.1 Å². The third-order valence-corrected chi connectivity index (χ3v) is 2.74. The maximum atomic E-state index is 12.5. The first-order valence-electron chi connectivity index (χ1n) is 5.34. The van der Waals surface area contributed by atoms with Crippen LogP contribution in [0.2, 0.25) is 0 Å². The lowest BCUT2D eigenvalue weighted by atomic mass is 10.1. The Labute approximate surface area is 102 Å².